The molecule has 0 amide bonds. The molecule has 0 spiro atoms. The maximum atomic E-state index is 13.2. The molecule has 0 saturated carbocycles. The minimum Gasteiger partial charge on any atom is -0.369 e. The molecule has 0 radical (unpaired) electrons. The van der Waals surface area contributed by atoms with Gasteiger partial charge in [-0.3, -0.25) is 4.72 Å². The van der Waals surface area contributed by atoms with E-state index in [-0.39, 0.29) is 10.6 Å². The number of nitrogens with zero attached hydrogens (tertiary/aromatic N) is 1. The van der Waals surface area contributed by atoms with Gasteiger partial charge in [0.15, 0.2) is 0 Å². The number of anilines is 2. The van der Waals surface area contributed by atoms with Gasteiger partial charge in [-0.25, -0.2) is 17.2 Å². The summed E-state index contributed by atoms with van der Waals surface area (Å²) in [6.45, 7) is 3.47. The number of benzene rings is 2. The van der Waals surface area contributed by atoms with E-state index in [1.54, 1.807) is 12.1 Å². The second-order valence-electron chi connectivity index (χ2n) is 5.49. The summed E-state index contributed by atoms with van der Waals surface area (Å²) in [6, 6.07) is 8.95. The van der Waals surface area contributed by atoms with Crippen molar-refractivity contribution in [2.24, 2.45) is 0 Å². The second-order valence-corrected chi connectivity index (χ2v) is 7.18. The van der Waals surface area contributed by atoms with Gasteiger partial charge in [0.25, 0.3) is 10.0 Å². The van der Waals surface area contributed by atoms with Gasteiger partial charge < -0.3 is 10.2 Å². The van der Waals surface area contributed by atoms with Crippen molar-refractivity contribution in [3.63, 3.8) is 0 Å². The Labute approximate surface area is 139 Å². The zero-order valence-electron chi connectivity index (χ0n) is 12.8. The first-order chi connectivity index (χ1) is 11.4. The highest BCUT2D eigenvalue weighted by atomic mass is 32.2. The molecule has 24 heavy (non-hydrogen) atoms. The van der Waals surface area contributed by atoms with Crippen molar-refractivity contribution < 1.29 is 17.2 Å². The normalized spacial score (nSPS) is 15.3. The van der Waals surface area contributed by atoms with E-state index in [9.17, 15) is 17.2 Å². The number of rotatable bonds is 4. The summed E-state index contributed by atoms with van der Waals surface area (Å²) in [5, 5.41) is 3.25. The first-order valence-corrected chi connectivity index (χ1v) is 8.97. The number of sulfonamides is 1. The molecule has 2 aromatic rings. The summed E-state index contributed by atoms with van der Waals surface area (Å²) < 4.78 is 53.2. The minimum atomic E-state index is -3.91. The van der Waals surface area contributed by atoms with E-state index in [2.05, 4.69) is 14.9 Å². The predicted octanol–water partition coefficient (Wildman–Crippen LogP) is 2.18. The molecule has 0 atom stereocenters. The number of hydrogen-bond acceptors (Lipinski definition) is 4. The van der Waals surface area contributed by atoms with Crippen LogP contribution >= 0.6 is 0 Å². The average Bonchev–Trinajstić information content (AvgIpc) is 2.54. The van der Waals surface area contributed by atoms with Crippen LogP contribution in [-0.4, -0.2) is 34.6 Å². The smallest absolute Gasteiger partial charge is 0.261 e. The fraction of sp³-hybridized carbons (Fsp3) is 0.250. The SMILES string of the molecule is O=S(=O)(Nc1cc(F)cc(F)c1)c1ccc(N2CCNCC2)cc1. The lowest BCUT2D eigenvalue weighted by Crippen LogP contribution is -2.43. The highest BCUT2D eigenvalue weighted by Crippen LogP contribution is 2.21. The molecule has 0 bridgehead atoms. The fourth-order valence-corrected chi connectivity index (χ4v) is 3.63. The Morgan fingerprint density at radius 2 is 1.54 bits per heavy atom. The Bertz CT molecular complexity index is 799. The van der Waals surface area contributed by atoms with Crippen LogP contribution in [0.2, 0.25) is 0 Å². The zero-order valence-corrected chi connectivity index (χ0v) is 13.6. The van der Waals surface area contributed by atoms with Crippen LogP contribution < -0.4 is 14.9 Å². The standard InChI is InChI=1S/C16H17F2N3O2S/c17-12-9-13(18)11-14(10-12)20-24(22,23)16-3-1-15(2-4-16)21-7-5-19-6-8-21/h1-4,9-11,19-20H,5-8H2. The minimum absolute atomic E-state index is 0.0334. The van der Waals surface area contributed by atoms with Crippen molar-refractivity contribution in [1.29, 1.82) is 0 Å². The number of hydrogen-bond donors (Lipinski definition) is 2. The molecular formula is C16H17F2N3O2S. The van der Waals surface area contributed by atoms with Crippen molar-refractivity contribution in [3.05, 3.63) is 54.1 Å². The Morgan fingerprint density at radius 1 is 0.958 bits per heavy atom. The zero-order chi connectivity index (χ0) is 17.2. The molecule has 2 N–H and O–H groups in total. The van der Waals surface area contributed by atoms with Crippen LogP contribution in [0.5, 0.6) is 0 Å². The van der Waals surface area contributed by atoms with E-state index in [1.807, 2.05) is 0 Å². The van der Waals surface area contributed by atoms with Gasteiger partial charge in [0.1, 0.15) is 11.6 Å². The maximum Gasteiger partial charge on any atom is 0.261 e. The number of halogens is 2. The number of nitrogens with one attached hydrogen (secondary N) is 2. The summed E-state index contributed by atoms with van der Waals surface area (Å²) in [4.78, 5) is 2.19. The van der Waals surface area contributed by atoms with Crippen LogP contribution in [0.25, 0.3) is 0 Å². The molecule has 2 aromatic carbocycles. The van der Waals surface area contributed by atoms with Crippen molar-refractivity contribution in [1.82, 2.24) is 5.32 Å². The molecule has 1 aliphatic rings. The van der Waals surface area contributed by atoms with Gasteiger partial charge in [-0.2, -0.15) is 0 Å². The molecule has 0 aliphatic carbocycles. The molecule has 128 valence electrons. The summed E-state index contributed by atoms with van der Waals surface area (Å²) in [5.41, 5.74) is 0.783. The Balaban J connectivity index is 1.79. The van der Waals surface area contributed by atoms with E-state index in [1.165, 1.54) is 12.1 Å². The fourth-order valence-electron chi connectivity index (χ4n) is 2.59. The molecule has 0 aromatic heterocycles. The molecule has 1 saturated heterocycles. The maximum absolute atomic E-state index is 13.2. The van der Waals surface area contributed by atoms with Gasteiger partial charge in [-0.1, -0.05) is 0 Å². The predicted molar refractivity (Wildman–Crippen MR) is 88.7 cm³/mol. The quantitative estimate of drug-likeness (QED) is 0.884. The highest BCUT2D eigenvalue weighted by molar-refractivity contribution is 7.92. The van der Waals surface area contributed by atoms with Crippen molar-refractivity contribution in [2.45, 2.75) is 4.90 Å². The summed E-state index contributed by atoms with van der Waals surface area (Å²) in [6.07, 6.45) is 0. The third kappa shape index (κ3) is 3.82. The highest BCUT2D eigenvalue weighted by Gasteiger charge is 2.17. The monoisotopic (exact) mass is 353 g/mol. The van der Waals surface area contributed by atoms with Gasteiger partial charge in [0.05, 0.1) is 10.6 Å². The third-order valence-electron chi connectivity index (χ3n) is 3.74. The van der Waals surface area contributed by atoms with E-state index in [4.69, 9.17) is 0 Å². The third-order valence-corrected chi connectivity index (χ3v) is 5.14. The summed E-state index contributed by atoms with van der Waals surface area (Å²) >= 11 is 0. The van der Waals surface area contributed by atoms with Crippen LogP contribution in [0.15, 0.2) is 47.4 Å². The van der Waals surface area contributed by atoms with E-state index >= 15 is 0 Å². The van der Waals surface area contributed by atoms with Gasteiger partial charge in [0.2, 0.25) is 0 Å². The second kappa shape index (κ2) is 6.74. The van der Waals surface area contributed by atoms with Crippen LogP contribution in [0.1, 0.15) is 0 Å². The first kappa shape index (κ1) is 16.7. The Hall–Kier alpha value is -2.19. The van der Waals surface area contributed by atoms with Crippen LogP contribution in [0.4, 0.5) is 20.2 Å². The Morgan fingerprint density at radius 3 is 2.12 bits per heavy atom. The molecular weight excluding hydrogens is 336 g/mol. The van der Waals surface area contributed by atoms with Gasteiger partial charge in [0, 0.05) is 37.9 Å². The molecule has 1 aliphatic heterocycles. The van der Waals surface area contributed by atoms with E-state index in [0.717, 1.165) is 44.0 Å². The van der Waals surface area contributed by atoms with E-state index in [0.29, 0.717) is 6.07 Å². The topological polar surface area (TPSA) is 61.4 Å². The Kier molecular flexibility index (Phi) is 4.68. The van der Waals surface area contributed by atoms with Crippen LogP contribution in [-0.2, 0) is 10.0 Å². The largest absolute Gasteiger partial charge is 0.369 e. The van der Waals surface area contributed by atoms with Gasteiger partial charge in [-0.05, 0) is 36.4 Å². The average molecular weight is 353 g/mol. The lowest BCUT2D eigenvalue weighted by atomic mass is 10.2. The molecule has 0 unspecified atom stereocenters. The van der Waals surface area contributed by atoms with Crippen molar-refractivity contribution in [3.8, 4) is 0 Å². The van der Waals surface area contributed by atoms with Crippen molar-refractivity contribution >= 4 is 21.4 Å². The molecule has 8 heteroatoms. The molecule has 3 rings (SSSR count). The lowest BCUT2D eigenvalue weighted by Gasteiger charge is -2.29. The van der Waals surface area contributed by atoms with Gasteiger partial charge in [-0.15, -0.1) is 0 Å². The van der Waals surface area contributed by atoms with Gasteiger partial charge >= 0.3 is 0 Å². The van der Waals surface area contributed by atoms with Crippen LogP contribution in [0.3, 0.4) is 0 Å². The summed E-state index contributed by atoms with van der Waals surface area (Å²) in [5.74, 6) is -1.69. The lowest BCUT2D eigenvalue weighted by molar-refractivity contribution is 0.584. The molecule has 1 fully saturated rings. The summed E-state index contributed by atoms with van der Waals surface area (Å²) in [7, 11) is -3.91. The van der Waals surface area contributed by atoms with Crippen LogP contribution in [0, 0.1) is 11.6 Å². The number of piperazine rings is 1. The van der Waals surface area contributed by atoms with E-state index < -0.39 is 21.7 Å². The first-order valence-electron chi connectivity index (χ1n) is 7.49. The molecule has 5 nitrogen and oxygen atoms in total. The molecule has 1 heterocycles. The van der Waals surface area contributed by atoms with Crippen molar-refractivity contribution in [2.75, 3.05) is 35.8 Å².